The lowest BCUT2D eigenvalue weighted by molar-refractivity contribution is 0.122. The molecule has 3 heterocycles. The summed E-state index contributed by atoms with van der Waals surface area (Å²) in [5, 5.41) is 0. The number of fused-ring (bicyclic) bond motifs is 2. The van der Waals surface area contributed by atoms with Crippen molar-refractivity contribution in [3.05, 3.63) is 47.5 Å². The van der Waals surface area contributed by atoms with Gasteiger partial charge in [0.2, 0.25) is 0 Å². The maximum absolute atomic E-state index is 6.36. The zero-order valence-corrected chi connectivity index (χ0v) is 15.2. The Labute approximate surface area is 155 Å². The van der Waals surface area contributed by atoms with Crippen LogP contribution in [0.25, 0.3) is 0 Å². The molecule has 0 aromatic heterocycles. The van der Waals surface area contributed by atoms with Gasteiger partial charge < -0.3 is 19.3 Å². The van der Waals surface area contributed by atoms with Crippen molar-refractivity contribution in [3.8, 4) is 11.5 Å². The number of piperidine rings is 1. The minimum atomic E-state index is 0.806. The molecule has 0 radical (unpaired) electrons. The van der Waals surface area contributed by atoms with Crippen molar-refractivity contribution in [3.63, 3.8) is 0 Å². The highest BCUT2D eigenvalue weighted by molar-refractivity contribution is 5.62. The van der Waals surface area contributed by atoms with Crippen LogP contribution in [0, 0.1) is 0 Å². The third-order valence-electron chi connectivity index (χ3n) is 5.80. The molecule has 0 bridgehead atoms. The monoisotopic (exact) mass is 350 g/mol. The maximum atomic E-state index is 6.36. The molecule has 2 aromatic carbocycles. The van der Waals surface area contributed by atoms with Crippen molar-refractivity contribution in [1.29, 1.82) is 0 Å². The van der Waals surface area contributed by atoms with Gasteiger partial charge in [0.15, 0.2) is 0 Å². The molecule has 0 saturated carbocycles. The Morgan fingerprint density at radius 3 is 1.85 bits per heavy atom. The lowest BCUT2D eigenvalue weighted by Crippen LogP contribution is -2.36. The lowest BCUT2D eigenvalue weighted by Gasteiger charge is -2.31. The number of ether oxygens (including phenoxy) is 2. The van der Waals surface area contributed by atoms with E-state index in [0.717, 1.165) is 57.3 Å². The minimum absolute atomic E-state index is 0.806. The summed E-state index contributed by atoms with van der Waals surface area (Å²) in [5.74, 6) is 2.04. The van der Waals surface area contributed by atoms with Crippen molar-refractivity contribution >= 4 is 11.4 Å². The van der Waals surface area contributed by atoms with Gasteiger partial charge in [-0.2, -0.15) is 0 Å². The molecule has 0 spiro atoms. The van der Waals surface area contributed by atoms with Gasteiger partial charge in [0, 0.05) is 56.1 Å². The van der Waals surface area contributed by atoms with E-state index < -0.39 is 0 Å². The largest absolute Gasteiger partial charge is 0.457 e. The van der Waals surface area contributed by atoms with E-state index in [-0.39, 0.29) is 0 Å². The number of hydrogen-bond donors (Lipinski definition) is 0. The number of anilines is 2. The molecule has 5 rings (SSSR count). The summed E-state index contributed by atoms with van der Waals surface area (Å²) >= 11 is 0. The Bertz CT molecular complexity index is 727. The third kappa shape index (κ3) is 3.03. The Kier molecular flexibility index (Phi) is 4.21. The van der Waals surface area contributed by atoms with E-state index in [1.807, 2.05) is 0 Å². The summed E-state index contributed by atoms with van der Waals surface area (Å²) in [6, 6.07) is 13.4. The van der Waals surface area contributed by atoms with Crippen LogP contribution < -0.4 is 14.5 Å². The first-order chi connectivity index (χ1) is 12.9. The highest BCUT2D eigenvalue weighted by Crippen LogP contribution is 2.40. The molecule has 2 aromatic rings. The first-order valence-electron chi connectivity index (χ1n) is 9.88. The van der Waals surface area contributed by atoms with Crippen LogP contribution in [-0.4, -0.2) is 39.4 Å². The zero-order chi connectivity index (χ0) is 17.3. The van der Waals surface area contributed by atoms with Crippen LogP contribution in [0.1, 0.15) is 30.4 Å². The topological polar surface area (TPSA) is 24.9 Å². The van der Waals surface area contributed by atoms with Gasteiger partial charge in [-0.3, -0.25) is 0 Å². The fourth-order valence-electron chi connectivity index (χ4n) is 4.26. The van der Waals surface area contributed by atoms with Gasteiger partial charge in [-0.15, -0.1) is 0 Å². The standard InChI is InChI=1S/C22H26N2O2/c1-2-8-23(9-3-1)19-6-4-17-14-18-5-7-20(24-10-12-25-13-11-24)16-22(18)26-21(17)15-19/h4-7,15-16H,1-3,8-14H2. The molecule has 0 unspecified atom stereocenters. The molecule has 4 heteroatoms. The quantitative estimate of drug-likeness (QED) is 0.691. The van der Waals surface area contributed by atoms with Crippen molar-refractivity contribution < 1.29 is 9.47 Å². The van der Waals surface area contributed by atoms with Crippen molar-refractivity contribution in [1.82, 2.24) is 0 Å². The molecule has 4 nitrogen and oxygen atoms in total. The number of rotatable bonds is 2. The van der Waals surface area contributed by atoms with Crippen LogP contribution in [-0.2, 0) is 11.2 Å². The van der Waals surface area contributed by atoms with E-state index in [0.29, 0.717) is 0 Å². The van der Waals surface area contributed by atoms with E-state index in [2.05, 4.69) is 46.2 Å². The average Bonchev–Trinajstić information content (AvgIpc) is 2.73. The third-order valence-corrected chi connectivity index (χ3v) is 5.80. The molecule has 136 valence electrons. The van der Waals surface area contributed by atoms with Crippen LogP contribution in [0.4, 0.5) is 11.4 Å². The van der Waals surface area contributed by atoms with E-state index in [9.17, 15) is 0 Å². The fraction of sp³-hybridized carbons (Fsp3) is 0.455. The highest BCUT2D eigenvalue weighted by atomic mass is 16.5. The number of nitrogens with zero attached hydrogens (tertiary/aromatic N) is 2. The lowest BCUT2D eigenvalue weighted by atomic mass is 9.99. The zero-order valence-electron chi connectivity index (χ0n) is 15.2. The molecule has 3 aliphatic rings. The molecule has 26 heavy (non-hydrogen) atoms. The predicted molar refractivity (Wildman–Crippen MR) is 105 cm³/mol. The summed E-state index contributed by atoms with van der Waals surface area (Å²) in [6.07, 6.45) is 4.90. The van der Waals surface area contributed by atoms with Crippen LogP contribution in [0.5, 0.6) is 11.5 Å². The second-order valence-corrected chi connectivity index (χ2v) is 7.51. The summed E-state index contributed by atoms with van der Waals surface area (Å²) in [4.78, 5) is 4.87. The fourth-order valence-corrected chi connectivity index (χ4v) is 4.26. The maximum Gasteiger partial charge on any atom is 0.133 e. The molecular weight excluding hydrogens is 324 g/mol. The molecule has 0 atom stereocenters. The normalized spacial score (nSPS) is 19.5. The Morgan fingerprint density at radius 1 is 0.654 bits per heavy atom. The van der Waals surface area contributed by atoms with Gasteiger partial charge in [0.1, 0.15) is 11.5 Å². The Hall–Kier alpha value is -2.20. The van der Waals surface area contributed by atoms with Gasteiger partial charge in [-0.1, -0.05) is 12.1 Å². The molecule has 3 aliphatic heterocycles. The number of benzene rings is 2. The van der Waals surface area contributed by atoms with Gasteiger partial charge in [0.05, 0.1) is 13.2 Å². The summed E-state index contributed by atoms with van der Waals surface area (Å²) in [5.41, 5.74) is 5.11. The molecule has 0 aliphatic carbocycles. The van der Waals surface area contributed by atoms with Crippen LogP contribution in [0.15, 0.2) is 36.4 Å². The van der Waals surface area contributed by atoms with Crippen LogP contribution in [0.2, 0.25) is 0 Å². The van der Waals surface area contributed by atoms with Crippen molar-refractivity contribution in [2.24, 2.45) is 0 Å². The van der Waals surface area contributed by atoms with E-state index >= 15 is 0 Å². The highest BCUT2D eigenvalue weighted by Gasteiger charge is 2.21. The van der Waals surface area contributed by atoms with Crippen molar-refractivity contribution in [2.75, 3.05) is 49.2 Å². The van der Waals surface area contributed by atoms with Gasteiger partial charge >= 0.3 is 0 Å². The van der Waals surface area contributed by atoms with Crippen LogP contribution >= 0.6 is 0 Å². The van der Waals surface area contributed by atoms with Crippen LogP contribution in [0.3, 0.4) is 0 Å². The number of morpholine rings is 1. The Balaban J connectivity index is 1.40. The molecule has 0 amide bonds. The molecule has 2 saturated heterocycles. The Morgan fingerprint density at radius 2 is 1.23 bits per heavy atom. The van der Waals surface area contributed by atoms with E-state index in [1.54, 1.807) is 0 Å². The SMILES string of the molecule is c1cc2c(cc1N1CCCCC1)Oc1cc(N3CCOCC3)ccc1C2. The number of hydrogen-bond acceptors (Lipinski definition) is 4. The predicted octanol–water partition coefficient (Wildman–Crippen LogP) is 4.21. The van der Waals surface area contributed by atoms with Gasteiger partial charge in [-0.05, 0) is 42.5 Å². The first kappa shape index (κ1) is 16.0. The first-order valence-corrected chi connectivity index (χ1v) is 9.88. The molecule has 0 N–H and O–H groups in total. The second kappa shape index (κ2) is 6.84. The molecule has 2 fully saturated rings. The van der Waals surface area contributed by atoms with E-state index in [4.69, 9.17) is 9.47 Å². The van der Waals surface area contributed by atoms with E-state index in [1.165, 1.54) is 41.8 Å². The average molecular weight is 350 g/mol. The second-order valence-electron chi connectivity index (χ2n) is 7.51. The van der Waals surface area contributed by atoms with Gasteiger partial charge in [0.25, 0.3) is 0 Å². The smallest absolute Gasteiger partial charge is 0.133 e. The molecular formula is C22H26N2O2. The van der Waals surface area contributed by atoms with Crippen molar-refractivity contribution in [2.45, 2.75) is 25.7 Å². The summed E-state index contributed by atoms with van der Waals surface area (Å²) in [6.45, 7) is 5.84. The summed E-state index contributed by atoms with van der Waals surface area (Å²) in [7, 11) is 0. The minimum Gasteiger partial charge on any atom is -0.457 e. The summed E-state index contributed by atoms with van der Waals surface area (Å²) < 4.78 is 11.8. The van der Waals surface area contributed by atoms with Gasteiger partial charge in [-0.25, -0.2) is 0 Å².